The smallest absolute Gasteiger partial charge is 0.109 e. The van der Waals surface area contributed by atoms with Crippen LogP contribution in [0, 0.1) is 5.92 Å². The Balaban J connectivity index is 1.82. The molecule has 0 aromatic carbocycles. The van der Waals surface area contributed by atoms with E-state index in [1.54, 1.807) is 11.3 Å². The predicted octanol–water partition coefficient (Wildman–Crippen LogP) is 3.29. The third kappa shape index (κ3) is 3.02. The summed E-state index contributed by atoms with van der Waals surface area (Å²) in [6.07, 6.45) is 8.21. The Morgan fingerprint density at radius 1 is 1.53 bits per heavy atom. The number of hydrogen-bond acceptors (Lipinski definition) is 3. The summed E-state index contributed by atoms with van der Waals surface area (Å²) in [6, 6.07) is 0.0928. The van der Waals surface area contributed by atoms with E-state index in [9.17, 15) is 0 Å². The van der Waals surface area contributed by atoms with Crippen molar-refractivity contribution in [3.05, 3.63) is 16.1 Å². The minimum Gasteiger partial charge on any atom is -0.322 e. The van der Waals surface area contributed by atoms with E-state index in [2.05, 4.69) is 10.4 Å². The minimum absolute atomic E-state index is 0.0928. The van der Waals surface area contributed by atoms with E-state index in [0.29, 0.717) is 0 Å². The molecule has 1 aromatic heterocycles. The molecule has 2 nitrogen and oxygen atoms in total. The fraction of sp³-hybridized carbons (Fsp3) is 0.750. The van der Waals surface area contributed by atoms with Gasteiger partial charge in [0.25, 0.3) is 0 Å². The van der Waals surface area contributed by atoms with Crippen molar-refractivity contribution in [1.82, 2.24) is 4.98 Å². The van der Waals surface area contributed by atoms with Crippen LogP contribution in [0.15, 0.2) is 5.38 Å². The van der Waals surface area contributed by atoms with Crippen LogP contribution in [0.1, 0.15) is 55.8 Å². The Morgan fingerprint density at radius 3 is 2.87 bits per heavy atom. The van der Waals surface area contributed by atoms with Crippen LogP contribution < -0.4 is 5.73 Å². The van der Waals surface area contributed by atoms with Crippen molar-refractivity contribution >= 4 is 11.3 Å². The molecular weight excluding hydrogens is 204 g/mol. The summed E-state index contributed by atoms with van der Waals surface area (Å²) in [7, 11) is 0. The first-order valence-electron chi connectivity index (χ1n) is 5.95. The summed E-state index contributed by atoms with van der Waals surface area (Å²) < 4.78 is 0. The SMILES string of the molecule is CC(N)c1nc(CCC2CCCC2)cs1. The topological polar surface area (TPSA) is 38.9 Å². The molecule has 84 valence electrons. The van der Waals surface area contributed by atoms with E-state index in [1.165, 1.54) is 37.8 Å². The molecule has 2 N–H and O–H groups in total. The maximum absolute atomic E-state index is 5.79. The third-order valence-corrected chi connectivity index (χ3v) is 4.34. The van der Waals surface area contributed by atoms with Crippen molar-refractivity contribution in [1.29, 1.82) is 0 Å². The lowest BCUT2D eigenvalue weighted by Crippen LogP contribution is -2.04. The van der Waals surface area contributed by atoms with Gasteiger partial charge < -0.3 is 5.73 Å². The predicted molar refractivity (Wildman–Crippen MR) is 65.0 cm³/mol. The number of hydrogen-bond donors (Lipinski definition) is 1. The number of nitrogens with zero attached hydrogens (tertiary/aromatic N) is 1. The Morgan fingerprint density at radius 2 is 2.27 bits per heavy atom. The number of rotatable bonds is 4. The van der Waals surface area contributed by atoms with Crippen molar-refractivity contribution < 1.29 is 0 Å². The molecular formula is C12H20N2S. The van der Waals surface area contributed by atoms with E-state index in [1.807, 2.05) is 6.92 Å². The van der Waals surface area contributed by atoms with Crippen molar-refractivity contribution in [2.24, 2.45) is 11.7 Å². The van der Waals surface area contributed by atoms with Gasteiger partial charge in [-0.25, -0.2) is 4.98 Å². The van der Waals surface area contributed by atoms with Crippen molar-refractivity contribution in [2.75, 3.05) is 0 Å². The maximum Gasteiger partial charge on any atom is 0.109 e. The van der Waals surface area contributed by atoms with Crippen LogP contribution in [0.3, 0.4) is 0 Å². The standard InChI is InChI=1S/C12H20N2S/c1-9(13)12-14-11(8-15-12)7-6-10-4-2-3-5-10/h8-10H,2-7,13H2,1H3. The molecule has 1 saturated carbocycles. The molecule has 0 saturated heterocycles. The first-order valence-corrected chi connectivity index (χ1v) is 6.83. The van der Waals surface area contributed by atoms with E-state index < -0.39 is 0 Å². The van der Waals surface area contributed by atoms with Crippen LogP contribution in [0.4, 0.5) is 0 Å². The number of aryl methyl sites for hydroxylation is 1. The van der Waals surface area contributed by atoms with Crippen molar-refractivity contribution in [3.8, 4) is 0 Å². The molecule has 1 unspecified atom stereocenters. The molecule has 1 atom stereocenters. The van der Waals surface area contributed by atoms with Gasteiger partial charge in [-0.15, -0.1) is 11.3 Å². The van der Waals surface area contributed by atoms with Crippen LogP contribution >= 0.6 is 11.3 Å². The molecule has 1 heterocycles. The zero-order valence-corrected chi connectivity index (χ0v) is 10.2. The Labute approximate surface area is 95.9 Å². The van der Waals surface area contributed by atoms with Gasteiger partial charge >= 0.3 is 0 Å². The van der Waals surface area contributed by atoms with Gasteiger partial charge in [-0.05, 0) is 25.7 Å². The van der Waals surface area contributed by atoms with Crippen LogP contribution in [0.25, 0.3) is 0 Å². The molecule has 1 aromatic rings. The van der Waals surface area contributed by atoms with Gasteiger partial charge in [-0.2, -0.15) is 0 Å². The maximum atomic E-state index is 5.79. The highest BCUT2D eigenvalue weighted by Gasteiger charge is 2.15. The van der Waals surface area contributed by atoms with Crippen molar-refractivity contribution in [2.45, 2.75) is 51.5 Å². The Hall–Kier alpha value is -0.410. The zero-order chi connectivity index (χ0) is 10.7. The molecule has 0 aliphatic heterocycles. The molecule has 1 aliphatic carbocycles. The highest BCUT2D eigenvalue weighted by atomic mass is 32.1. The second kappa shape index (κ2) is 5.08. The van der Waals surface area contributed by atoms with Gasteiger partial charge in [-0.1, -0.05) is 25.7 Å². The molecule has 0 amide bonds. The van der Waals surface area contributed by atoms with Crippen LogP contribution in [0.2, 0.25) is 0 Å². The van der Waals surface area contributed by atoms with Gasteiger partial charge in [-0.3, -0.25) is 0 Å². The molecule has 0 spiro atoms. The number of thiazole rings is 1. The lowest BCUT2D eigenvalue weighted by atomic mass is 10.0. The number of aromatic nitrogens is 1. The summed E-state index contributed by atoms with van der Waals surface area (Å²) >= 11 is 1.70. The molecule has 3 heteroatoms. The summed E-state index contributed by atoms with van der Waals surface area (Å²) in [6.45, 7) is 2.00. The van der Waals surface area contributed by atoms with Gasteiger partial charge in [0.15, 0.2) is 0 Å². The van der Waals surface area contributed by atoms with Gasteiger partial charge in [0.05, 0.1) is 11.7 Å². The van der Waals surface area contributed by atoms with E-state index in [4.69, 9.17) is 5.73 Å². The first-order chi connectivity index (χ1) is 7.25. The van der Waals surface area contributed by atoms with Gasteiger partial charge in [0.1, 0.15) is 5.01 Å². The van der Waals surface area contributed by atoms with E-state index in [-0.39, 0.29) is 6.04 Å². The zero-order valence-electron chi connectivity index (χ0n) is 9.41. The fourth-order valence-corrected chi connectivity index (χ4v) is 3.11. The quantitative estimate of drug-likeness (QED) is 0.852. The number of nitrogens with two attached hydrogens (primary N) is 1. The van der Waals surface area contributed by atoms with E-state index in [0.717, 1.165) is 17.3 Å². The van der Waals surface area contributed by atoms with Crippen molar-refractivity contribution in [3.63, 3.8) is 0 Å². The molecule has 1 fully saturated rings. The average molecular weight is 224 g/mol. The second-order valence-corrected chi connectivity index (χ2v) is 5.54. The molecule has 0 radical (unpaired) electrons. The lowest BCUT2D eigenvalue weighted by Gasteiger charge is -2.06. The van der Waals surface area contributed by atoms with Gasteiger partial charge in [0, 0.05) is 5.38 Å². The Kier molecular flexibility index (Phi) is 3.76. The third-order valence-electron chi connectivity index (χ3n) is 3.24. The average Bonchev–Trinajstić information content (AvgIpc) is 2.86. The molecule has 2 rings (SSSR count). The molecule has 1 aliphatic rings. The van der Waals surface area contributed by atoms with Gasteiger partial charge in [0.2, 0.25) is 0 Å². The summed E-state index contributed by atoms with van der Waals surface area (Å²) in [5, 5.41) is 3.25. The fourth-order valence-electron chi connectivity index (χ4n) is 2.30. The minimum atomic E-state index is 0.0928. The Bertz CT molecular complexity index is 300. The molecule has 15 heavy (non-hydrogen) atoms. The monoisotopic (exact) mass is 224 g/mol. The summed E-state index contributed by atoms with van der Waals surface area (Å²) in [5.74, 6) is 0.963. The summed E-state index contributed by atoms with van der Waals surface area (Å²) in [4.78, 5) is 4.56. The lowest BCUT2D eigenvalue weighted by molar-refractivity contribution is 0.501. The highest BCUT2D eigenvalue weighted by molar-refractivity contribution is 7.09. The molecule has 0 bridgehead atoms. The largest absolute Gasteiger partial charge is 0.322 e. The first kappa shape index (κ1) is 11.1. The van der Waals surface area contributed by atoms with Crippen LogP contribution in [0.5, 0.6) is 0 Å². The van der Waals surface area contributed by atoms with Crippen LogP contribution in [-0.4, -0.2) is 4.98 Å². The highest BCUT2D eigenvalue weighted by Crippen LogP contribution is 2.29. The van der Waals surface area contributed by atoms with Crippen LogP contribution in [-0.2, 0) is 6.42 Å². The van der Waals surface area contributed by atoms with E-state index >= 15 is 0 Å². The second-order valence-electron chi connectivity index (χ2n) is 4.65. The summed E-state index contributed by atoms with van der Waals surface area (Å²) in [5.41, 5.74) is 7.04. The normalized spacial score (nSPS) is 19.6.